The topological polar surface area (TPSA) is 52.3 Å². The van der Waals surface area contributed by atoms with E-state index in [1.807, 2.05) is 0 Å². The molecular weight excluding hydrogens is 162 g/mol. The predicted octanol–water partition coefficient (Wildman–Crippen LogP) is 0.630. The van der Waals surface area contributed by atoms with Crippen LogP contribution in [-0.4, -0.2) is 30.5 Å². The predicted molar refractivity (Wildman–Crippen MR) is 47.6 cm³/mol. The maximum Gasteiger partial charge on any atom is 0.306 e. The van der Waals surface area contributed by atoms with Crippen molar-refractivity contribution in [2.45, 2.75) is 18.6 Å². The van der Waals surface area contributed by atoms with Crippen molar-refractivity contribution in [1.82, 2.24) is 0 Å². The Bertz CT molecular complexity index is 232. The fraction of sp³-hybridized carbons (Fsp3) is 0.857. The molecule has 0 amide bonds. The molecule has 0 aliphatic heterocycles. The van der Waals surface area contributed by atoms with Gasteiger partial charge < -0.3 is 10.5 Å². The van der Waals surface area contributed by atoms with Crippen LogP contribution < -0.4 is 5.73 Å². The van der Waals surface area contributed by atoms with Gasteiger partial charge in [-0.15, -0.1) is 0 Å². The molecule has 0 heterocycles. The van der Waals surface area contributed by atoms with E-state index in [2.05, 4.69) is 4.74 Å². The van der Waals surface area contributed by atoms with Crippen LogP contribution in [0.5, 0.6) is 0 Å². The lowest BCUT2D eigenvalue weighted by Crippen LogP contribution is -2.11. The molecule has 1 unspecified atom stereocenters. The molecule has 0 aliphatic carbocycles. The number of thioether (sulfide) groups is 1. The van der Waals surface area contributed by atoms with Crippen LogP contribution in [0.2, 0.25) is 0 Å². The molecule has 0 rings (SSSR count). The van der Waals surface area contributed by atoms with Crippen molar-refractivity contribution in [3.8, 4) is 0 Å². The summed E-state index contributed by atoms with van der Waals surface area (Å²) in [5, 5.41) is -0.397. The highest BCUT2D eigenvalue weighted by Gasteiger charge is 2.08. The first-order valence-electron chi connectivity index (χ1n) is 5.13. The molecule has 3 nitrogen and oxygen atoms in total. The molecule has 0 aromatic heterocycles. The smallest absolute Gasteiger partial charge is 0.306 e. The Morgan fingerprint density at radius 1 is 1.91 bits per heavy atom. The Morgan fingerprint density at radius 3 is 3.00 bits per heavy atom. The number of carbonyl (C=O) groups excluding carboxylic acids is 1. The largest absolute Gasteiger partial charge is 0.469 e. The minimum Gasteiger partial charge on any atom is -0.469 e. The third-order valence-corrected chi connectivity index (χ3v) is 1.81. The van der Waals surface area contributed by atoms with E-state index in [-0.39, 0.29) is 6.42 Å². The van der Waals surface area contributed by atoms with Crippen LogP contribution in [0.3, 0.4) is 0 Å². The van der Waals surface area contributed by atoms with E-state index in [9.17, 15) is 4.79 Å². The first kappa shape index (κ1) is 5.43. The lowest BCUT2D eigenvalue weighted by Gasteiger charge is -2.07. The molecule has 0 saturated carbocycles. The molecule has 0 radical (unpaired) electrons. The van der Waals surface area contributed by atoms with Crippen LogP contribution >= 0.6 is 11.8 Å². The van der Waals surface area contributed by atoms with Gasteiger partial charge in [0.1, 0.15) is 0 Å². The Labute approximate surface area is 77.3 Å². The maximum atomic E-state index is 10.9. The van der Waals surface area contributed by atoms with Crippen LogP contribution in [0, 0.1) is 0 Å². The summed E-state index contributed by atoms with van der Waals surface area (Å²) in [5.74, 6) is -0.455. The average Bonchev–Trinajstić information content (AvgIpc) is 2.00. The van der Waals surface area contributed by atoms with Crippen LogP contribution in [0.4, 0.5) is 0 Å². The Balaban J connectivity index is 4.28. The van der Waals surface area contributed by atoms with Crippen molar-refractivity contribution in [3.63, 3.8) is 0 Å². The summed E-state index contributed by atoms with van der Waals surface area (Å²) in [6.07, 6.45) is 0.0246. The zero-order valence-corrected chi connectivity index (χ0v) is 7.40. The number of esters is 1. The number of rotatable bonds is 5. The number of nitrogens with two attached hydrogens (primary N) is 1. The third-order valence-electron chi connectivity index (χ3n) is 1.00. The van der Waals surface area contributed by atoms with Gasteiger partial charge in [0.25, 0.3) is 0 Å². The highest BCUT2D eigenvalue weighted by Crippen LogP contribution is 2.12. The Hall–Kier alpha value is -0.220. The van der Waals surface area contributed by atoms with Crippen molar-refractivity contribution in [1.29, 1.82) is 0 Å². The molecule has 66 valence electrons. The zero-order valence-electron chi connectivity index (χ0n) is 10.6. The van der Waals surface area contributed by atoms with Crippen molar-refractivity contribution in [2.24, 2.45) is 5.73 Å². The van der Waals surface area contributed by atoms with E-state index in [4.69, 9.17) is 11.2 Å². The summed E-state index contributed by atoms with van der Waals surface area (Å²) in [7, 11) is 1.25. The summed E-state index contributed by atoms with van der Waals surface area (Å²) in [6.45, 7) is -0.826. The van der Waals surface area contributed by atoms with Crippen molar-refractivity contribution in [2.75, 3.05) is 19.3 Å². The first-order valence-corrected chi connectivity index (χ1v) is 4.01. The molecule has 4 heteroatoms. The zero-order chi connectivity index (χ0) is 12.3. The second-order valence-corrected chi connectivity index (χ2v) is 3.20. The molecule has 0 aromatic carbocycles. The van der Waals surface area contributed by atoms with Gasteiger partial charge in [0.15, 0.2) is 0 Å². The molecule has 0 bridgehead atoms. The van der Waals surface area contributed by atoms with Gasteiger partial charge in [-0.05, 0) is 0 Å². The Kier molecular flexibility index (Phi) is 3.20. The lowest BCUT2D eigenvalue weighted by molar-refractivity contribution is -0.140. The minimum absolute atomic E-state index is 0.0246. The van der Waals surface area contributed by atoms with Crippen molar-refractivity contribution >= 4 is 17.7 Å². The van der Waals surface area contributed by atoms with Gasteiger partial charge in [-0.3, -0.25) is 4.79 Å². The van der Waals surface area contributed by atoms with Gasteiger partial charge in [-0.2, -0.15) is 11.8 Å². The highest BCUT2D eigenvalue weighted by molar-refractivity contribution is 7.99. The second-order valence-electron chi connectivity index (χ2n) is 1.96. The quantitative estimate of drug-likeness (QED) is 0.632. The number of methoxy groups -OCH3 is 1. The molecular formula is C7H15NO2S. The summed E-state index contributed by atoms with van der Waals surface area (Å²) in [5.41, 5.74) is 2.81. The molecule has 0 aliphatic rings. The monoisotopic (exact) mass is 181 g/mol. The van der Waals surface area contributed by atoms with E-state index in [0.29, 0.717) is 11.8 Å². The number of hydrogen-bond acceptors (Lipinski definition) is 4. The average molecular weight is 181 g/mol. The van der Waals surface area contributed by atoms with E-state index in [1.54, 1.807) is 6.92 Å². The normalized spacial score (nSPS) is 20.6. The van der Waals surface area contributed by atoms with E-state index >= 15 is 0 Å². The lowest BCUT2D eigenvalue weighted by atomic mass is 10.3. The molecule has 0 saturated heterocycles. The molecule has 0 spiro atoms. The van der Waals surface area contributed by atoms with Crippen LogP contribution in [0.25, 0.3) is 0 Å². The van der Waals surface area contributed by atoms with Gasteiger partial charge in [0.2, 0.25) is 0 Å². The van der Waals surface area contributed by atoms with Gasteiger partial charge in [0, 0.05) is 22.9 Å². The Morgan fingerprint density at radius 2 is 2.55 bits per heavy atom. The van der Waals surface area contributed by atoms with Crippen molar-refractivity contribution in [3.05, 3.63) is 0 Å². The summed E-state index contributed by atoms with van der Waals surface area (Å²) < 4.78 is 33.4. The van der Waals surface area contributed by atoms with E-state index < -0.39 is 23.4 Å². The SMILES string of the molecule is [2H]C([2H])(N)C([2H])([2H])SC(C)CC(=O)OC. The molecule has 1 atom stereocenters. The summed E-state index contributed by atoms with van der Waals surface area (Å²) >= 11 is 0.685. The third kappa shape index (κ3) is 6.19. The van der Waals surface area contributed by atoms with Gasteiger partial charge in [-0.1, -0.05) is 6.92 Å². The van der Waals surface area contributed by atoms with Crippen molar-refractivity contribution < 1.29 is 15.0 Å². The second kappa shape index (κ2) is 6.49. The number of hydrogen-bond donors (Lipinski definition) is 1. The first-order chi connectivity index (χ1) is 6.60. The molecule has 0 fully saturated rings. The van der Waals surface area contributed by atoms with Gasteiger partial charge >= 0.3 is 5.97 Å². The molecule has 11 heavy (non-hydrogen) atoms. The minimum atomic E-state index is -2.44. The maximum absolute atomic E-state index is 10.9. The standard InChI is InChI=1S/C7H15NO2S/c1-6(11-4-3-8)5-7(9)10-2/h6H,3-5,8H2,1-2H3/i3D2,4D2. The fourth-order valence-electron chi connectivity index (χ4n) is 0.494. The summed E-state index contributed by atoms with van der Waals surface area (Å²) in [4.78, 5) is 10.9. The van der Waals surface area contributed by atoms with E-state index in [0.717, 1.165) is 0 Å². The summed E-state index contributed by atoms with van der Waals surface area (Å²) in [6, 6.07) is 0. The number of carbonyl (C=O) groups is 1. The van der Waals surface area contributed by atoms with Gasteiger partial charge in [-0.25, -0.2) is 0 Å². The number of ether oxygens (including phenoxy) is 1. The fourth-order valence-corrected chi connectivity index (χ4v) is 0.983. The van der Waals surface area contributed by atoms with Crippen LogP contribution in [0.1, 0.15) is 18.8 Å². The van der Waals surface area contributed by atoms with Gasteiger partial charge in [0.05, 0.1) is 13.5 Å². The van der Waals surface area contributed by atoms with Crippen LogP contribution in [0.15, 0.2) is 0 Å². The molecule has 0 aromatic rings. The van der Waals surface area contributed by atoms with E-state index in [1.165, 1.54) is 7.11 Å². The molecule has 2 N–H and O–H groups in total. The highest BCUT2D eigenvalue weighted by atomic mass is 32.2. The van der Waals surface area contributed by atoms with Crippen LogP contribution in [-0.2, 0) is 9.53 Å².